The Bertz CT molecular complexity index is 712. The van der Waals surface area contributed by atoms with Gasteiger partial charge in [0.1, 0.15) is 11.5 Å². The molecule has 0 spiro atoms. The Balaban J connectivity index is 1.74. The molecule has 0 radical (unpaired) electrons. The van der Waals surface area contributed by atoms with Crippen LogP contribution in [-0.2, 0) is 11.3 Å². The molecule has 3 unspecified atom stereocenters. The second kappa shape index (κ2) is 8.51. The smallest absolute Gasteiger partial charge is 0.387 e. The van der Waals surface area contributed by atoms with E-state index < -0.39 is 6.61 Å². The van der Waals surface area contributed by atoms with Crippen LogP contribution in [0.25, 0.3) is 0 Å². The van der Waals surface area contributed by atoms with Gasteiger partial charge in [-0.25, -0.2) is 4.99 Å². The van der Waals surface area contributed by atoms with E-state index in [1.165, 1.54) is 13.2 Å². The number of nitrogens with one attached hydrogen (secondary N) is 2. The van der Waals surface area contributed by atoms with Gasteiger partial charge in [-0.3, -0.25) is 0 Å². The third kappa shape index (κ3) is 4.16. The molecule has 2 N–H and O–H groups in total. The third-order valence-corrected chi connectivity index (χ3v) is 5.63. The number of hydrogen-bond acceptors (Lipinski definition) is 4. The average Bonchev–Trinajstić information content (AvgIpc) is 3.11. The molecule has 6 nitrogen and oxygen atoms in total. The topological polar surface area (TPSA) is 64.1 Å². The number of nitrogens with zero attached hydrogens (tertiary/aromatic N) is 1. The summed E-state index contributed by atoms with van der Waals surface area (Å²) in [6, 6.07) is 5.11. The van der Waals surface area contributed by atoms with Crippen LogP contribution in [0.4, 0.5) is 8.78 Å². The van der Waals surface area contributed by atoms with Crippen LogP contribution in [0.1, 0.15) is 32.8 Å². The van der Waals surface area contributed by atoms with E-state index >= 15 is 0 Å². The highest BCUT2D eigenvalue weighted by Gasteiger charge is 2.59. The van der Waals surface area contributed by atoms with E-state index in [0.717, 1.165) is 13.0 Å². The van der Waals surface area contributed by atoms with Crippen molar-refractivity contribution in [2.75, 3.05) is 20.3 Å². The fourth-order valence-electron chi connectivity index (χ4n) is 4.25. The first-order valence-electron chi connectivity index (χ1n) is 9.65. The molecule has 1 heterocycles. The maximum atomic E-state index is 12.8. The van der Waals surface area contributed by atoms with Crippen molar-refractivity contribution in [2.24, 2.45) is 16.3 Å². The van der Waals surface area contributed by atoms with Crippen LogP contribution in [0.5, 0.6) is 11.5 Å². The number of methoxy groups -OCH3 is 1. The van der Waals surface area contributed by atoms with Gasteiger partial charge >= 0.3 is 6.61 Å². The minimum atomic E-state index is -2.91. The van der Waals surface area contributed by atoms with Crippen LogP contribution in [0.3, 0.4) is 0 Å². The van der Waals surface area contributed by atoms with Gasteiger partial charge in [0.25, 0.3) is 0 Å². The number of hydrogen-bond donors (Lipinski definition) is 2. The lowest BCUT2D eigenvalue weighted by Crippen LogP contribution is -2.67. The second-order valence-corrected chi connectivity index (χ2v) is 7.73. The quantitative estimate of drug-likeness (QED) is 0.547. The van der Waals surface area contributed by atoms with E-state index in [2.05, 4.69) is 34.2 Å². The molecule has 28 heavy (non-hydrogen) atoms. The Labute approximate surface area is 164 Å². The van der Waals surface area contributed by atoms with Crippen LogP contribution in [0.2, 0.25) is 0 Å². The highest BCUT2D eigenvalue weighted by Crippen LogP contribution is 2.52. The lowest BCUT2D eigenvalue weighted by molar-refractivity contribution is -0.106. The molecule has 0 amide bonds. The van der Waals surface area contributed by atoms with Crippen molar-refractivity contribution in [3.63, 3.8) is 0 Å². The summed E-state index contributed by atoms with van der Waals surface area (Å²) >= 11 is 0. The normalized spacial score (nSPS) is 25.8. The molecule has 3 atom stereocenters. The predicted octanol–water partition coefficient (Wildman–Crippen LogP) is 3.17. The zero-order chi connectivity index (χ0) is 20.3. The van der Waals surface area contributed by atoms with Gasteiger partial charge in [-0.05, 0) is 25.5 Å². The highest BCUT2D eigenvalue weighted by molar-refractivity contribution is 5.80. The van der Waals surface area contributed by atoms with E-state index in [1.807, 2.05) is 6.92 Å². The summed E-state index contributed by atoms with van der Waals surface area (Å²) in [5.41, 5.74) is 0.578. The fourth-order valence-corrected chi connectivity index (χ4v) is 4.25. The lowest BCUT2D eigenvalue weighted by atomic mass is 9.57. The molecule has 1 aromatic rings. The maximum Gasteiger partial charge on any atom is 0.387 e. The molecule has 156 valence electrons. The van der Waals surface area contributed by atoms with E-state index in [9.17, 15) is 8.78 Å². The number of guanidine groups is 1. The second-order valence-electron chi connectivity index (χ2n) is 7.73. The SMILES string of the molecule is CCNC(=NCc1ccc(OC)cc1OC(F)F)NC1C2CCOC2C1(C)C. The molecule has 2 fully saturated rings. The number of rotatable bonds is 7. The number of fused-ring (bicyclic) bond motifs is 1. The molecule has 1 saturated carbocycles. The van der Waals surface area contributed by atoms with Gasteiger partial charge in [-0.15, -0.1) is 0 Å². The minimum Gasteiger partial charge on any atom is -0.497 e. The van der Waals surface area contributed by atoms with E-state index in [1.54, 1.807) is 12.1 Å². The molecule has 1 aliphatic heterocycles. The van der Waals surface area contributed by atoms with Crippen LogP contribution in [-0.4, -0.2) is 45.0 Å². The van der Waals surface area contributed by atoms with Crippen molar-refractivity contribution in [3.8, 4) is 11.5 Å². The predicted molar refractivity (Wildman–Crippen MR) is 103 cm³/mol. The van der Waals surface area contributed by atoms with Gasteiger partial charge in [0.2, 0.25) is 0 Å². The maximum absolute atomic E-state index is 12.8. The number of benzene rings is 1. The van der Waals surface area contributed by atoms with Gasteiger partial charge in [0, 0.05) is 42.2 Å². The van der Waals surface area contributed by atoms with Crippen LogP contribution >= 0.6 is 0 Å². The Morgan fingerprint density at radius 2 is 2.18 bits per heavy atom. The average molecular weight is 397 g/mol. The molecule has 1 aliphatic carbocycles. The Morgan fingerprint density at radius 3 is 2.86 bits per heavy atom. The number of aliphatic imine (C=N–C) groups is 1. The first-order valence-corrected chi connectivity index (χ1v) is 9.65. The summed E-state index contributed by atoms with van der Waals surface area (Å²) in [4.78, 5) is 4.60. The van der Waals surface area contributed by atoms with Crippen LogP contribution in [0.15, 0.2) is 23.2 Å². The fraction of sp³-hybridized carbons (Fsp3) is 0.650. The van der Waals surface area contributed by atoms with Crippen molar-refractivity contribution in [1.82, 2.24) is 10.6 Å². The molecular weight excluding hydrogens is 368 g/mol. The summed E-state index contributed by atoms with van der Waals surface area (Å²) in [6.45, 7) is 5.17. The molecule has 8 heteroatoms. The number of halogens is 2. The molecule has 0 bridgehead atoms. The molecule has 0 aromatic heterocycles. The van der Waals surface area contributed by atoms with Crippen molar-refractivity contribution in [3.05, 3.63) is 23.8 Å². The summed E-state index contributed by atoms with van der Waals surface area (Å²) in [6.07, 6.45) is 1.32. The van der Waals surface area contributed by atoms with Gasteiger partial charge in [-0.1, -0.05) is 13.8 Å². The number of alkyl halides is 2. The van der Waals surface area contributed by atoms with E-state index in [0.29, 0.717) is 29.7 Å². The zero-order valence-electron chi connectivity index (χ0n) is 16.8. The lowest BCUT2D eigenvalue weighted by Gasteiger charge is -2.54. The standard InChI is InChI=1S/C20H29F2N3O3/c1-5-23-19(25-16-14-8-9-27-17(14)20(16,2)3)24-11-12-6-7-13(26-4)10-15(12)28-18(21)22/h6-7,10,14,16-18H,5,8-9,11H2,1-4H3,(H2,23,24,25). The van der Waals surface area contributed by atoms with E-state index in [4.69, 9.17) is 9.47 Å². The van der Waals surface area contributed by atoms with Crippen LogP contribution < -0.4 is 20.1 Å². The van der Waals surface area contributed by atoms with E-state index in [-0.39, 0.29) is 29.9 Å². The van der Waals surface area contributed by atoms with Crippen molar-refractivity contribution in [2.45, 2.75) is 52.5 Å². The molecule has 2 aliphatic rings. The van der Waals surface area contributed by atoms with Gasteiger partial charge in [-0.2, -0.15) is 8.78 Å². The van der Waals surface area contributed by atoms with Crippen molar-refractivity contribution < 1.29 is 23.0 Å². The third-order valence-electron chi connectivity index (χ3n) is 5.63. The molecular formula is C20H29F2N3O3. The monoisotopic (exact) mass is 397 g/mol. The van der Waals surface area contributed by atoms with Crippen molar-refractivity contribution in [1.29, 1.82) is 0 Å². The van der Waals surface area contributed by atoms with Crippen molar-refractivity contribution >= 4 is 5.96 Å². The first-order chi connectivity index (χ1) is 13.4. The number of ether oxygens (including phenoxy) is 3. The van der Waals surface area contributed by atoms with Gasteiger partial charge < -0.3 is 24.8 Å². The minimum absolute atomic E-state index is 0.0153. The molecule has 1 saturated heterocycles. The summed E-state index contributed by atoms with van der Waals surface area (Å²) in [5, 5.41) is 6.75. The van der Waals surface area contributed by atoms with Gasteiger partial charge in [0.15, 0.2) is 5.96 Å². The zero-order valence-corrected chi connectivity index (χ0v) is 16.8. The largest absolute Gasteiger partial charge is 0.497 e. The Kier molecular flexibility index (Phi) is 6.27. The molecule has 3 rings (SSSR count). The van der Waals surface area contributed by atoms with Gasteiger partial charge in [0.05, 0.1) is 19.8 Å². The summed E-state index contributed by atoms with van der Waals surface area (Å²) < 4.78 is 41.1. The summed E-state index contributed by atoms with van der Waals surface area (Å²) in [7, 11) is 1.48. The first kappa shape index (κ1) is 20.6. The van der Waals surface area contributed by atoms with Crippen LogP contribution in [0, 0.1) is 11.3 Å². The summed E-state index contributed by atoms with van der Waals surface area (Å²) in [5.74, 6) is 1.65. The highest BCUT2D eigenvalue weighted by atomic mass is 19.3. The molecule has 1 aromatic carbocycles. The Morgan fingerprint density at radius 1 is 1.39 bits per heavy atom. The Hall–Kier alpha value is -2.09.